The van der Waals surface area contributed by atoms with Crippen molar-refractivity contribution in [1.29, 1.82) is 0 Å². The molecule has 17 heavy (non-hydrogen) atoms. The van der Waals surface area contributed by atoms with E-state index >= 15 is 0 Å². The van der Waals surface area contributed by atoms with Crippen molar-refractivity contribution in [2.75, 3.05) is 13.2 Å². The number of rotatable bonds is 6. The van der Waals surface area contributed by atoms with Gasteiger partial charge < -0.3 is 10.4 Å². The van der Waals surface area contributed by atoms with Crippen LogP contribution in [0.4, 0.5) is 0 Å². The summed E-state index contributed by atoms with van der Waals surface area (Å²) in [7, 11) is 0. The molecule has 0 bridgehead atoms. The van der Waals surface area contributed by atoms with Gasteiger partial charge in [-0.25, -0.2) is 0 Å². The minimum absolute atomic E-state index is 0.0207. The fraction of sp³-hybridized carbons (Fsp3) is 0.583. The quantitative estimate of drug-likeness (QED) is 0.846. The van der Waals surface area contributed by atoms with Gasteiger partial charge in [0.1, 0.15) is 0 Å². The molecule has 1 aromatic heterocycles. The van der Waals surface area contributed by atoms with Crippen molar-refractivity contribution >= 4 is 33.2 Å². The van der Waals surface area contributed by atoms with Gasteiger partial charge >= 0.3 is 0 Å². The molecule has 3 nitrogen and oxygen atoms in total. The molecule has 0 radical (unpaired) electrons. The first-order valence-electron chi connectivity index (χ1n) is 5.59. The molecule has 1 amide bonds. The summed E-state index contributed by atoms with van der Waals surface area (Å²) in [5.41, 5.74) is 0.0207. The van der Waals surface area contributed by atoms with E-state index < -0.39 is 0 Å². The van der Waals surface area contributed by atoms with Crippen LogP contribution in [0.15, 0.2) is 15.9 Å². The Bertz CT molecular complexity index is 376. The van der Waals surface area contributed by atoms with Gasteiger partial charge in [0.25, 0.3) is 5.91 Å². The van der Waals surface area contributed by atoms with Gasteiger partial charge in [-0.15, -0.1) is 11.3 Å². The average Bonchev–Trinajstić information content (AvgIpc) is 2.70. The summed E-state index contributed by atoms with van der Waals surface area (Å²) in [6.07, 6.45) is 1.67. The highest BCUT2D eigenvalue weighted by atomic mass is 79.9. The highest BCUT2D eigenvalue weighted by Gasteiger charge is 2.19. The molecule has 0 aliphatic heterocycles. The minimum atomic E-state index is -0.0298. The average molecular weight is 320 g/mol. The monoisotopic (exact) mass is 319 g/mol. The smallest absolute Gasteiger partial charge is 0.261 e. The lowest BCUT2D eigenvalue weighted by Gasteiger charge is -2.24. The molecule has 0 aromatic carbocycles. The van der Waals surface area contributed by atoms with Crippen LogP contribution in [-0.4, -0.2) is 24.2 Å². The molecular weight excluding hydrogens is 302 g/mol. The molecule has 0 aliphatic carbocycles. The van der Waals surface area contributed by atoms with Gasteiger partial charge in [0.05, 0.1) is 8.66 Å². The topological polar surface area (TPSA) is 49.3 Å². The largest absolute Gasteiger partial charge is 0.396 e. The standard InChI is InChI=1S/C12H18BrNO2S/c1-12(2,6-3-7-15)8-14-11(16)9-4-5-10(13)17-9/h4-5,15H,3,6-8H2,1-2H3,(H,14,16). The number of halogens is 1. The highest BCUT2D eigenvalue weighted by molar-refractivity contribution is 9.11. The molecule has 1 rings (SSSR count). The normalized spacial score (nSPS) is 11.5. The van der Waals surface area contributed by atoms with Crippen molar-refractivity contribution < 1.29 is 9.90 Å². The SMILES string of the molecule is CC(C)(CCCO)CNC(=O)c1ccc(Br)s1. The van der Waals surface area contributed by atoms with Crippen molar-refractivity contribution in [2.24, 2.45) is 5.41 Å². The third kappa shape index (κ3) is 5.19. The van der Waals surface area contributed by atoms with Crippen molar-refractivity contribution in [3.8, 4) is 0 Å². The summed E-state index contributed by atoms with van der Waals surface area (Å²) in [6, 6.07) is 3.68. The van der Waals surface area contributed by atoms with Crippen LogP contribution in [0, 0.1) is 5.41 Å². The van der Waals surface area contributed by atoms with E-state index in [1.54, 1.807) is 0 Å². The van der Waals surface area contributed by atoms with Crippen LogP contribution >= 0.6 is 27.3 Å². The first kappa shape index (κ1) is 14.7. The summed E-state index contributed by atoms with van der Waals surface area (Å²) in [5.74, 6) is -0.0298. The lowest BCUT2D eigenvalue weighted by Crippen LogP contribution is -2.33. The zero-order chi connectivity index (χ0) is 12.9. The summed E-state index contributed by atoms with van der Waals surface area (Å²) in [5, 5.41) is 11.7. The Labute approximate surface area is 114 Å². The second-order valence-electron chi connectivity index (χ2n) is 4.78. The third-order valence-corrected chi connectivity index (χ3v) is 4.16. The number of hydrogen-bond donors (Lipinski definition) is 2. The van der Waals surface area contributed by atoms with Gasteiger partial charge in [0.2, 0.25) is 0 Å². The number of aliphatic hydroxyl groups is 1. The summed E-state index contributed by atoms with van der Waals surface area (Å²) < 4.78 is 0.960. The first-order valence-corrected chi connectivity index (χ1v) is 7.20. The third-order valence-electron chi connectivity index (χ3n) is 2.54. The van der Waals surface area contributed by atoms with Gasteiger partial charge in [-0.3, -0.25) is 4.79 Å². The molecular formula is C12H18BrNO2S. The van der Waals surface area contributed by atoms with Gasteiger partial charge in [0.15, 0.2) is 0 Å². The number of amides is 1. The van der Waals surface area contributed by atoms with Crippen LogP contribution in [0.3, 0.4) is 0 Å². The maximum Gasteiger partial charge on any atom is 0.261 e. The van der Waals surface area contributed by atoms with Crippen LogP contribution in [0.1, 0.15) is 36.4 Å². The molecule has 0 fully saturated rings. The van der Waals surface area contributed by atoms with E-state index in [0.29, 0.717) is 6.54 Å². The molecule has 5 heteroatoms. The molecule has 0 atom stereocenters. The number of carbonyl (C=O) groups excluding carboxylic acids is 1. The number of nitrogens with one attached hydrogen (secondary N) is 1. The lowest BCUT2D eigenvalue weighted by molar-refractivity contribution is 0.0937. The second kappa shape index (κ2) is 6.52. The van der Waals surface area contributed by atoms with E-state index in [-0.39, 0.29) is 17.9 Å². The van der Waals surface area contributed by atoms with E-state index in [4.69, 9.17) is 5.11 Å². The van der Waals surface area contributed by atoms with E-state index in [0.717, 1.165) is 21.5 Å². The molecule has 0 aliphatic rings. The highest BCUT2D eigenvalue weighted by Crippen LogP contribution is 2.23. The van der Waals surface area contributed by atoms with Crippen LogP contribution in [0.25, 0.3) is 0 Å². The zero-order valence-electron chi connectivity index (χ0n) is 10.1. The maximum absolute atomic E-state index is 11.8. The Hall–Kier alpha value is -0.390. The van der Waals surface area contributed by atoms with E-state index in [1.165, 1.54) is 11.3 Å². The molecule has 0 unspecified atom stereocenters. The van der Waals surface area contributed by atoms with E-state index in [2.05, 4.69) is 35.1 Å². The molecule has 1 aromatic rings. The number of hydrogen-bond acceptors (Lipinski definition) is 3. The fourth-order valence-electron chi connectivity index (χ4n) is 1.49. The van der Waals surface area contributed by atoms with Crippen LogP contribution in [-0.2, 0) is 0 Å². The molecule has 0 spiro atoms. The summed E-state index contributed by atoms with van der Waals surface area (Å²) >= 11 is 4.76. The zero-order valence-corrected chi connectivity index (χ0v) is 12.5. The fourth-order valence-corrected chi connectivity index (χ4v) is 2.79. The predicted octanol–water partition coefficient (Wildman–Crippen LogP) is 3.04. The Morgan fingerprint density at radius 3 is 2.76 bits per heavy atom. The van der Waals surface area contributed by atoms with Crippen LogP contribution < -0.4 is 5.32 Å². The molecule has 2 N–H and O–H groups in total. The molecule has 0 saturated heterocycles. The Balaban J connectivity index is 2.42. The Morgan fingerprint density at radius 1 is 1.53 bits per heavy atom. The molecule has 96 valence electrons. The molecule has 1 heterocycles. The van der Waals surface area contributed by atoms with Gasteiger partial charge in [0, 0.05) is 13.2 Å². The van der Waals surface area contributed by atoms with Gasteiger partial charge in [-0.1, -0.05) is 13.8 Å². The number of thiophene rings is 1. The summed E-state index contributed by atoms with van der Waals surface area (Å²) in [4.78, 5) is 12.5. The van der Waals surface area contributed by atoms with Crippen molar-refractivity contribution in [2.45, 2.75) is 26.7 Å². The van der Waals surface area contributed by atoms with E-state index in [9.17, 15) is 4.79 Å². The van der Waals surface area contributed by atoms with Gasteiger partial charge in [-0.05, 0) is 46.3 Å². The second-order valence-corrected chi connectivity index (χ2v) is 7.24. The molecule has 0 saturated carbocycles. The Kier molecular flexibility index (Phi) is 5.62. The van der Waals surface area contributed by atoms with E-state index in [1.807, 2.05) is 12.1 Å². The lowest BCUT2D eigenvalue weighted by atomic mass is 9.88. The van der Waals surface area contributed by atoms with Gasteiger partial charge in [-0.2, -0.15) is 0 Å². The van der Waals surface area contributed by atoms with Crippen molar-refractivity contribution in [1.82, 2.24) is 5.32 Å². The predicted molar refractivity (Wildman–Crippen MR) is 74.5 cm³/mol. The summed E-state index contributed by atoms with van der Waals surface area (Å²) in [6.45, 7) is 5.01. The van der Waals surface area contributed by atoms with Crippen molar-refractivity contribution in [3.05, 3.63) is 20.8 Å². The van der Waals surface area contributed by atoms with Crippen molar-refractivity contribution in [3.63, 3.8) is 0 Å². The maximum atomic E-state index is 11.8. The first-order chi connectivity index (χ1) is 7.94. The number of aliphatic hydroxyl groups excluding tert-OH is 1. The number of carbonyl (C=O) groups is 1. The van der Waals surface area contributed by atoms with Crippen LogP contribution in [0.2, 0.25) is 0 Å². The van der Waals surface area contributed by atoms with Crippen LogP contribution in [0.5, 0.6) is 0 Å². The minimum Gasteiger partial charge on any atom is -0.396 e. The Morgan fingerprint density at radius 2 is 2.24 bits per heavy atom.